The van der Waals surface area contributed by atoms with E-state index in [9.17, 15) is 0 Å². The van der Waals surface area contributed by atoms with Crippen LogP contribution in [0, 0.1) is 0 Å². The first-order valence-electron chi connectivity index (χ1n) is 7.32. The van der Waals surface area contributed by atoms with Crippen LogP contribution in [0.15, 0.2) is 18.2 Å². The summed E-state index contributed by atoms with van der Waals surface area (Å²) in [5, 5.41) is 3.55. The number of hydrogen-bond acceptors (Lipinski definition) is 4. The molecule has 4 heteroatoms. The molecule has 2 rings (SSSR count). The van der Waals surface area contributed by atoms with Crippen molar-refractivity contribution >= 4 is 0 Å². The Morgan fingerprint density at radius 3 is 2.65 bits per heavy atom. The maximum Gasteiger partial charge on any atom is 0.161 e. The first-order valence-corrected chi connectivity index (χ1v) is 7.32. The third-order valence-electron chi connectivity index (χ3n) is 4.02. The molecule has 1 N–H and O–H groups in total. The monoisotopic (exact) mass is 278 g/mol. The largest absolute Gasteiger partial charge is 0.493 e. The highest BCUT2D eigenvalue weighted by molar-refractivity contribution is 5.42. The third kappa shape index (κ3) is 3.64. The van der Waals surface area contributed by atoms with E-state index in [0.717, 1.165) is 31.1 Å². The van der Waals surface area contributed by atoms with Crippen LogP contribution >= 0.6 is 0 Å². The van der Waals surface area contributed by atoms with Crippen LogP contribution in [-0.4, -0.2) is 44.3 Å². The normalized spacial score (nSPS) is 24.2. The van der Waals surface area contributed by atoms with Gasteiger partial charge in [-0.05, 0) is 44.5 Å². The molecule has 0 spiro atoms. The molecule has 1 fully saturated rings. The quantitative estimate of drug-likeness (QED) is 0.916. The van der Waals surface area contributed by atoms with Gasteiger partial charge in [0, 0.05) is 25.2 Å². The Bertz CT molecular complexity index is 436. The van der Waals surface area contributed by atoms with Crippen LogP contribution in [0.2, 0.25) is 0 Å². The van der Waals surface area contributed by atoms with Gasteiger partial charge in [-0.3, -0.25) is 4.90 Å². The van der Waals surface area contributed by atoms with Gasteiger partial charge in [0.1, 0.15) is 0 Å². The summed E-state index contributed by atoms with van der Waals surface area (Å²) in [7, 11) is 3.35. The summed E-state index contributed by atoms with van der Waals surface area (Å²) in [6, 6.07) is 7.32. The van der Waals surface area contributed by atoms with Gasteiger partial charge in [-0.15, -0.1) is 0 Å². The maximum atomic E-state index is 5.38. The van der Waals surface area contributed by atoms with E-state index in [2.05, 4.69) is 36.2 Å². The SMILES string of the molecule is COc1ccc(CN2CC(C)NCCC2C)cc1OC. The van der Waals surface area contributed by atoms with E-state index >= 15 is 0 Å². The van der Waals surface area contributed by atoms with Gasteiger partial charge in [-0.25, -0.2) is 0 Å². The molecule has 1 aromatic rings. The Morgan fingerprint density at radius 2 is 1.95 bits per heavy atom. The van der Waals surface area contributed by atoms with Gasteiger partial charge in [-0.2, -0.15) is 0 Å². The summed E-state index contributed by atoms with van der Waals surface area (Å²) in [6.45, 7) is 7.69. The number of ether oxygens (including phenoxy) is 2. The summed E-state index contributed by atoms with van der Waals surface area (Å²) < 4.78 is 10.7. The Kier molecular flexibility index (Phi) is 5.26. The van der Waals surface area contributed by atoms with E-state index < -0.39 is 0 Å². The number of nitrogens with one attached hydrogen (secondary N) is 1. The van der Waals surface area contributed by atoms with Crippen LogP contribution in [0.25, 0.3) is 0 Å². The second-order valence-electron chi connectivity index (χ2n) is 5.61. The van der Waals surface area contributed by atoms with Crippen molar-refractivity contribution in [2.75, 3.05) is 27.3 Å². The Hall–Kier alpha value is -1.26. The van der Waals surface area contributed by atoms with Crippen molar-refractivity contribution < 1.29 is 9.47 Å². The fourth-order valence-corrected chi connectivity index (χ4v) is 2.75. The number of methoxy groups -OCH3 is 2. The van der Waals surface area contributed by atoms with Crippen molar-refractivity contribution in [2.24, 2.45) is 0 Å². The highest BCUT2D eigenvalue weighted by atomic mass is 16.5. The first kappa shape index (κ1) is 15.1. The number of hydrogen-bond donors (Lipinski definition) is 1. The van der Waals surface area contributed by atoms with Crippen molar-refractivity contribution in [1.29, 1.82) is 0 Å². The van der Waals surface area contributed by atoms with Gasteiger partial charge in [0.15, 0.2) is 11.5 Å². The minimum atomic E-state index is 0.542. The van der Waals surface area contributed by atoms with Crippen molar-refractivity contribution in [3.05, 3.63) is 23.8 Å². The molecule has 1 saturated heterocycles. The maximum absolute atomic E-state index is 5.38. The second kappa shape index (κ2) is 6.95. The van der Waals surface area contributed by atoms with Crippen LogP contribution in [0.4, 0.5) is 0 Å². The fraction of sp³-hybridized carbons (Fsp3) is 0.625. The standard InChI is InChI=1S/C16H26N2O2/c1-12-10-18(13(2)7-8-17-12)11-14-5-6-15(19-3)16(9-14)20-4/h5-6,9,12-13,17H,7-8,10-11H2,1-4H3. The van der Waals surface area contributed by atoms with E-state index in [1.807, 2.05) is 6.07 Å². The van der Waals surface area contributed by atoms with Crippen LogP contribution in [0.1, 0.15) is 25.8 Å². The van der Waals surface area contributed by atoms with Crippen molar-refractivity contribution in [1.82, 2.24) is 10.2 Å². The van der Waals surface area contributed by atoms with Crippen LogP contribution in [0.3, 0.4) is 0 Å². The molecule has 2 unspecified atom stereocenters. The van der Waals surface area contributed by atoms with Crippen molar-refractivity contribution in [3.8, 4) is 11.5 Å². The Labute approximate surface area is 122 Å². The molecule has 0 saturated carbocycles. The zero-order valence-electron chi connectivity index (χ0n) is 13.0. The molecule has 4 nitrogen and oxygen atoms in total. The predicted molar refractivity (Wildman–Crippen MR) is 81.5 cm³/mol. The summed E-state index contributed by atoms with van der Waals surface area (Å²) in [4.78, 5) is 2.53. The Balaban J connectivity index is 2.11. The van der Waals surface area contributed by atoms with Gasteiger partial charge in [0.2, 0.25) is 0 Å². The fourth-order valence-electron chi connectivity index (χ4n) is 2.75. The number of benzene rings is 1. The molecule has 2 atom stereocenters. The molecular formula is C16H26N2O2. The lowest BCUT2D eigenvalue weighted by Crippen LogP contribution is -2.37. The average Bonchev–Trinajstić information content (AvgIpc) is 2.60. The average molecular weight is 278 g/mol. The molecule has 20 heavy (non-hydrogen) atoms. The summed E-state index contributed by atoms with van der Waals surface area (Å²) in [6.07, 6.45) is 1.19. The molecule has 0 radical (unpaired) electrons. The van der Waals surface area contributed by atoms with Crippen LogP contribution in [0.5, 0.6) is 11.5 Å². The first-order chi connectivity index (χ1) is 9.63. The van der Waals surface area contributed by atoms with E-state index in [4.69, 9.17) is 9.47 Å². The highest BCUT2D eigenvalue weighted by Crippen LogP contribution is 2.28. The van der Waals surface area contributed by atoms with E-state index in [1.165, 1.54) is 12.0 Å². The molecule has 0 aromatic heterocycles. The van der Waals surface area contributed by atoms with E-state index in [-0.39, 0.29) is 0 Å². The smallest absolute Gasteiger partial charge is 0.161 e. The molecular weight excluding hydrogens is 252 g/mol. The molecule has 0 aliphatic carbocycles. The lowest BCUT2D eigenvalue weighted by atomic mass is 10.1. The molecule has 1 heterocycles. The molecule has 112 valence electrons. The molecule has 1 aliphatic rings. The lowest BCUT2D eigenvalue weighted by molar-refractivity contribution is 0.198. The Morgan fingerprint density at radius 1 is 1.20 bits per heavy atom. The van der Waals surface area contributed by atoms with Gasteiger partial charge >= 0.3 is 0 Å². The summed E-state index contributed by atoms with van der Waals surface area (Å²) in [5.41, 5.74) is 1.27. The predicted octanol–water partition coefficient (Wildman–Crippen LogP) is 2.28. The van der Waals surface area contributed by atoms with Crippen LogP contribution < -0.4 is 14.8 Å². The molecule has 0 bridgehead atoms. The molecule has 0 amide bonds. The van der Waals surface area contributed by atoms with Crippen LogP contribution in [-0.2, 0) is 6.54 Å². The zero-order valence-corrected chi connectivity index (χ0v) is 13.0. The topological polar surface area (TPSA) is 33.7 Å². The minimum Gasteiger partial charge on any atom is -0.493 e. The van der Waals surface area contributed by atoms with E-state index in [1.54, 1.807) is 14.2 Å². The summed E-state index contributed by atoms with van der Waals surface area (Å²) >= 11 is 0. The zero-order chi connectivity index (χ0) is 14.5. The summed E-state index contributed by atoms with van der Waals surface area (Å²) in [5.74, 6) is 1.59. The van der Waals surface area contributed by atoms with Crippen molar-refractivity contribution in [3.63, 3.8) is 0 Å². The minimum absolute atomic E-state index is 0.542. The highest BCUT2D eigenvalue weighted by Gasteiger charge is 2.20. The van der Waals surface area contributed by atoms with Gasteiger partial charge < -0.3 is 14.8 Å². The van der Waals surface area contributed by atoms with Crippen molar-refractivity contribution in [2.45, 2.75) is 38.9 Å². The lowest BCUT2D eigenvalue weighted by Gasteiger charge is -2.28. The van der Waals surface area contributed by atoms with Gasteiger partial charge in [-0.1, -0.05) is 6.07 Å². The van der Waals surface area contributed by atoms with Gasteiger partial charge in [0.25, 0.3) is 0 Å². The second-order valence-corrected chi connectivity index (χ2v) is 5.61. The number of rotatable bonds is 4. The third-order valence-corrected chi connectivity index (χ3v) is 4.02. The van der Waals surface area contributed by atoms with E-state index in [0.29, 0.717) is 12.1 Å². The van der Waals surface area contributed by atoms with Gasteiger partial charge in [0.05, 0.1) is 14.2 Å². The molecule has 1 aliphatic heterocycles. The number of nitrogens with zero attached hydrogens (tertiary/aromatic N) is 1. The molecule has 1 aromatic carbocycles.